The molecule has 1 saturated heterocycles. The molecule has 0 amide bonds. The van der Waals surface area contributed by atoms with Crippen molar-refractivity contribution in [3.63, 3.8) is 0 Å². The molecule has 14 heavy (non-hydrogen) atoms. The van der Waals surface area contributed by atoms with Gasteiger partial charge in [-0.05, 0) is 0 Å². The van der Waals surface area contributed by atoms with Crippen LogP contribution in [0.25, 0.3) is 0 Å². The fourth-order valence-electron chi connectivity index (χ4n) is 1.42. The molecule has 0 aliphatic carbocycles. The summed E-state index contributed by atoms with van der Waals surface area (Å²) in [6, 6.07) is 9.20. The first kappa shape index (κ1) is 9.37. The number of benzene rings is 1. The summed E-state index contributed by atoms with van der Waals surface area (Å²) in [6.07, 6.45) is -0.0352. The van der Waals surface area contributed by atoms with Gasteiger partial charge in [0.15, 0.2) is 12.1 Å². The van der Waals surface area contributed by atoms with E-state index < -0.39 is 0 Å². The van der Waals surface area contributed by atoms with Gasteiger partial charge in [-0.15, -0.1) is 0 Å². The van der Waals surface area contributed by atoms with Gasteiger partial charge in [0, 0.05) is 5.56 Å². The molecule has 74 valence electrons. The maximum Gasteiger partial charge on any atom is 0.167 e. The Morgan fingerprint density at radius 3 is 2.50 bits per heavy atom. The summed E-state index contributed by atoms with van der Waals surface area (Å²) in [6.45, 7) is 1.18. The average molecular weight is 192 g/mol. The van der Waals surface area contributed by atoms with Gasteiger partial charge in [0.05, 0.1) is 19.6 Å². The minimum Gasteiger partial charge on any atom is -0.350 e. The van der Waals surface area contributed by atoms with E-state index in [-0.39, 0.29) is 12.1 Å². The van der Waals surface area contributed by atoms with Gasteiger partial charge in [-0.25, -0.2) is 0 Å². The van der Waals surface area contributed by atoms with E-state index in [1.165, 1.54) is 0 Å². The fraction of sp³-hybridized carbons (Fsp3) is 0.364. The molecule has 0 N–H and O–H groups in total. The second-order valence-electron chi connectivity index (χ2n) is 3.16. The lowest BCUT2D eigenvalue weighted by Crippen LogP contribution is -2.14. The number of carbonyl (C=O) groups is 1. The van der Waals surface area contributed by atoms with Crippen molar-refractivity contribution >= 4 is 5.78 Å². The molecule has 1 heterocycles. The minimum absolute atomic E-state index is 0.0671. The Hall–Kier alpha value is -1.19. The third kappa shape index (κ3) is 2.19. The third-order valence-electron chi connectivity index (χ3n) is 2.14. The Kier molecular flexibility index (Phi) is 2.91. The molecule has 1 aliphatic heterocycles. The first-order chi connectivity index (χ1) is 6.86. The number of Topliss-reactive ketones (excluding diaryl/α,β-unsaturated/α-hetero) is 1. The van der Waals surface area contributed by atoms with Gasteiger partial charge >= 0.3 is 0 Å². The molecule has 0 saturated carbocycles. The Morgan fingerprint density at radius 1 is 1.21 bits per heavy atom. The molecule has 2 rings (SSSR count). The topological polar surface area (TPSA) is 35.5 Å². The Morgan fingerprint density at radius 2 is 1.86 bits per heavy atom. The third-order valence-corrected chi connectivity index (χ3v) is 2.14. The summed E-state index contributed by atoms with van der Waals surface area (Å²) in [5.74, 6) is 0.0671. The molecular weight excluding hydrogens is 180 g/mol. The quantitative estimate of drug-likeness (QED) is 0.683. The lowest BCUT2D eigenvalue weighted by Gasteiger charge is -2.07. The number of hydrogen-bond acceptors (Lipinski definition) is 3. The van der Waals surface area contributed by atoms with Gasteiger partial charge in [0.2, 0.25) is 0 Å². The van der Waals surface area contributed by atoms with Crippen molar-refractivity contribution in [1.82, 2.24) is 0 Å². The number of hydrogen-bond donors (Lipinski definition) is 0. The maximum absolute atomic E-state index is 11.6. The predicted octanol–water partition coefficient (Wildman–Crippen LogP) is 1.63. The molecule has 3 nitrogen and oxygen atoms in total. The van der Waals surface area contributed by atoms with E-state index in [9.17, 15) is 4.79 Å². The van der Waals surface area contributed by atoms with Gasteiger partial charge in [0.25, 0.3) is 0 Å². The highest BCUT2D eigenvalue weighted by molar-refractivity contribution is 5.96. The zero-order valence-corrected chi connectivity index (χ0v) is 7.81. The number of ether oxygens (including phenoxy) is 2. The van der Waals surface area contributed by atoms with Crippen molar-refractivity contribution in [1.29, 1.82) is 0 Å². The monoisotopic (exact) mass is 192 g/mol. The Bertz CT molecular complexity index is 302. The highest BCUT2D eigenvalue weighted by Gasteiger charge is 2.20. The van der Waals surface area contributed by atoms with Crippen LogP contribution < -0.4 is 0 Å². The van der Waals surface area contributed by atoms with Gasteiger partial charge < -0.3 is 9.47 Å². The maximum atomic E-state index is 11.6. The smallest absolute Gasteiger partial charge is 0.167 e. The van der Waals surface area contributed by atoms with Crippen LogP contribution in [0.5, 0.6) is 0 Å². The number of ketones is 1. The first-order valence-electron chi connectivity index (χ1n) is 4.68. The fourth-order valence-corrected chi connectivity index (χ4v) is 1.42. The molecule has 0 atom stereocenters. The van der Waals surface area contributed by atoms with Crippen molar-refractivity contribution < 1.29 is 14.3 Å². The van der Waals surface area contributed by atoms with Crippen LogP contribution >= 0.6 is 0 Å². The standard InChI is InChI=1S/C11H12O3/c12-10(8-11-13-6-7-14-11)9-4-2-1-3-5-9/h1-5,11H,6-8H2. The molecule has 0 aromatic heterocycles. The van der Waals surface area contributed by atoms with Crippen LogP contribution in [0.3, 0.4) is 0 Å². The molecule has 1 fully saturated rings. The summed E-state index contributed by atoms with van der Waals surface area (Å²) in [4.78, 5) is 11.6. The van der Waals surface area contributed by atoms with Gasteiger partial charge in [-0.2, -0.15) is 0 Å². The predicted molar refractivity (Wildman–Crippen MR) is 51.1 cm³/mol. The molecule has 1 aliphatic rings. The van der Waals surface area contributed by atoms with Crippen LogP contribution in [-0.4, -0.2) is 25.3 Å². The Labute approximate surface area is 82.6 Å². The van der Waals surface area contributed by atoms with Crippen LogP contribution in [-0.2, 0) is 9.47 Å². The highest BCUT2D eigenvalue weighted by Crippen LogP contribution is 2.12. The van der Waals surface area contributed by atoms with Gasteiger partial charge in [-0.1, -0.05) is 30.3 Å². The van der Waals surface area contributed by atoms with Crippen LogP contribution in [0.4, 0.5) is 0 Å². The summed E-state index contributed by atoms with van der Waals surface area (Å²) in [5, 5.41) is 0. The molecular formula is C11H12O3. The van der Waals surface area contributed by atoms with Crippen LogP contribution in [0, 0.1) is 0 Å². The van der Waals surface area contributed by atoms with E-state index in [1.54, 1.807) is 12.1 Å². The first-order valence-corrected chi connectivity index (χ1v) is 4.68. The lowest BCUT2D eigenvalue weighted by molar-refractivity contribution is -0.0407. The second kappa shape index (κ2) is 4.35. The summed E-state index contributed by atoms with van der Waals surface area (Å²) >= 11 is 0. The number of rotatable bonds is 3. The van der Waals surface area contributed by atoms with Gasteiger partial charge in [0.1, 0.15) is 0 Å². The normalized spacial score (nSPS) is 17.1. The lowest BCUT2D eigenvalue weighted by atomic mass is 10.1. The molecule has 0 bridgehead atoms. The van der Waals surface area contributed by atoms with Crippen molar-refractivity contribution in [3.8, 4) is 0 Å². The molecule has 0 unspecified atom stereocenters. The average Bonchev–Trinajstić information content (AvgIpc) is 2.72. The van der Waals surface area contributed by atoms with Crippen molar-refractivity contribution in [3.05, 3.63) is 35.9 Å². The minimum atomic E-state index is -0.345. The summed E-state index contributed by atoms with van der Waals surface area (Å²) in [5.41, 5.74) is 0.714. The zero-order valence-electron chi connectivity index (χ0n) is 7.81. The summed E-state index contributed by atoms with van der Waals surface area (Å²) in [7, 11) is 0. The van der Waals surface area contributed by atoms with Crippen molar-refractivity contribution in [2.45, 2.75) is 12.7 Å². The Balaban J connectivity index is 1.95. The van der Waals surface area contributed by atoms with Crippen LogP contribution in [0.1, 0.15) is 16.8 Å². The van der Waals surface area contributed by atoms with Crippen LogP contribution in [0.2, 0.25) is 0 Å². The van der Waals surface area contributed by atoms with Crippen molar-refractivity contribution in [2.75, 3.05) is 13.2 Å². The second-order valence-corrected chi connectivity index (χ2v) is 3.16. The van der Waals surface area contributed by atoms with E-state index in [1.807, 2.05) is 18.2 Å². The highest BCUT2D eigenvalue weighted by atomic mass is 16.7. The van der Waals surface area contributed by atoms with E-state index in [0.717, 1.165) is 0 Å². The van der Waals surface area contributed by atoms with E-state index in [0.29, 0.717) is 25.2 Å². The number of carbonyl (C=O) groups excluding carboxylic acids is 1. The molecule has 0 radical (unpaired) electrons. The SMILES string of the molecule is O=C(CC1OCCO1)c1ccccc1. The van der Waals surface area contributed by atoms with E-state index >= 15 is 0 Å². The van der Waals surface area contributed by atoms with Crippen molar-refractivity contribution in [2.24, 2.45) is 0 Å². The summed E-state index contributed by atoms with van der Waals surface area (Å²) < 4.78 is 10.4. The van der Waals surface area contributed by atoms with Gasteiger partial charge in [-0.3, -0.25) is 4.79 Å². The molecule has 1 aromatic rings. The van der Waals surface area contributed by atoms with Crippen LogP contribution in [0.15, 0.2) is 30.3 Å². The molecule has 1 aromatic carbocycles. The molecule has 0 spiro atoms. The van der Waals surface area contributed by atoms with E-state index in [4.69, 9.17) is 9.47 Å². The van der Waals surface area contributed by atoms with E-state index in [2.05, 4.69) is 0 Å². The largest absolute Gasteiger partial charge is 0.350 e. The zero-order chi connectivity index (χ0) is 9.80. The molecule has 3 heteroatoms.